The van der Waals surface area contributed by atoms with E-state index in [9.17, 15) is 4.79 Å². The third-order valence-electron chi connectivity index (χ3n) is 5.05. The van der Waals surface area contributed by atoms with Gasteiger partial charge in [0.2, 0.25) is 0 Å². The van der Waals surface area contributed by atoms with Gasteiger partial charge in [-0.3, -0.25) is 4.79 Å². The van der Waals surface area contributed by atoms with Crippen molar-refractivity contribution in [3.05, 3.63) is 102 Å². The van der Waals surface area contributed by atoms with Gasteiger partial charge in [0.1, 0.15) is 11.6 Å². The highest BCUT2D eigenvalue weighted by Crippen LogP contribution is 2.26. The summed E-state index contributed by atoms with van der Waals surface area (Å²) in [6, 6.07) is 25.5. The Morgan fingerprint density at radius 1 is 0.966 bits per heavy atom. The number of carbonyl (C=O) groups excluding carboxylic acids is 1. The second kappa shape index (κ2) is 8.15. The van der Waals surface area contributed by atoms with Gasteiger partial charge >= 0.3 is 0 Å². The van der Waals surface area contributed by atoms with Crippen molar-refractivity contribution in [2.75, 3.05) is 7.11 Å². The number of carbonyl (C=O) groups is 1. The Hall–Kier alpha value is -3.66. The molecule has 4 aromatic rings. The van der Waals surface area contributed by atoms with E-state index in [2.05, 4.69) is 29.7 Å². The number of rotatable bonds is 6. The lowest BCUT2D eigenvalue weighted by atomic mass is 10.1. The van der Waals surface area contributed by atoms with Gasteiger partial charge in [-0.2, -0.15) is 0 Å². The van der Waals surface area contributed by atoms with Crippen molar-refractivity contribution in [3.63, 3.8) is 0 Å². The van der Waals surface area contributed by atoms with Crippen LogP contribution in [-0.2, 0) is 0 Å². The fourth-order valence-electron chi connectivity index (χ4n) is 3.47. The summed E-state index contributed by atoms with van der Waals surface area (Å²) in [6.45, 7) is 2.14. The van der Waals surface area contributed by atoms with Gasteiger partial charge in [0, 0.05) is 5.56 Å². The standard InChI is InChI=1S/C25H22N2O2/c1-18(19-8-4-3-5-9-19)27-23-11-7-6-10-22(23)26-25(27)17-16-24(28)20-12-14-21(29-2)15-13-20/h3-18H,1-2H3/b17-16+. The quantitative estimate of drug-likeness (QED) is 0.324. The van der Waals surface area contributed by atoms with Gasteiger partial charge in [0.15, 0.2) is 5.78 Å². The first-order chi connectivity index (χ1) is 14.2. The molecular weight excluding hydrogens is 360 g/mol. The number of methoxy groups -OCH3 is 1. The zero-order chi connectivity index (χ0) is 20.2. The minimum atomic E-state index is -0.0707. The summed E-state index contributed by atoms with van der Waals surface area (Å²) < 4.78 is 7.32. The number of ketones is 1. The number of para-hydroxylation sites is 2. The van der Waals surface area contributed by atoms with E-state index in [1.54, 1.807) is 43.5 Å². The predicted octanol–water partition coefficient (Wildman–Crippen LogP) is 5.55. The van der Waals surface area contributed by atoms with Crippen molar-refractivity contribution in [2.45, 2.75) is 13.0 Å². The lowest BCUT2D eigenvalue weighted by Gasteiger charge is -2.17. The molecule has 0 saturated heterocycles. The average molecular weight is 382 g/mol. The molecule has 1 heterocycles. The number of ether oxygens (including phenoxy) is 1. The molecule has 4 rings (SSSR count). The molecule has 1 unspecified atom stereocenters. The summed E-state index contributed by atoms with van der Waals surface area (Å²) >= 11 is 0. The second-order valence-corrected chi connectivity index (χ2v) is 6.84. The van der Waals surface area contributed by atoms with Gasteiger partial charge in [-0.15, -0.1) is 0 Å². The fourth-order valence-corrected chi connectivity index (χ4v) is 3.47. The zero-order valence-corrected chi connectivity index (χ0v) is 16.4. The molecule has 0 saturated carbocycles. The molecule has 4 nitrogen and oxygen atoms in total. The molecular formula is C25H22N2O2. The van der Waals surface area contributed by atoms with E-state index in [4.69, 9.17) is 9.72 Å². The average Bonchev–Trinajstić information content (AvgIpc) is 3.16. The van der Waals surface area contributed by atoms with Crippen LogP contribution in [0, 0.1) is 0 Å². The summed E-state index contributed by atoms with van der Waals surface area (Å²) in [6.07, 6.45) is 3.38. The minimum Gasteiger partial charge on any atom is -0.497 e. The molecule has 0 bridgehead atoms. The molecule has 4 heteroatoms. The zero-order valence-electron chi connectivity index (χ0n) is 16.4. The monoisotopic (exact) mass is 382 g/mol. The van der Waals surface area contributed by atoms with Gasteiger partial charge in [-0.25, -0.2) is 4.98 Å². The molecule has 0 aliphatic heterocycles. The van der Waals surface area contributed by atoms with Crippen LogP contribution in [0.15, 0.2) is 84.9 Å². The highest BCUT2D eigenvalue weighted by atomic mass is 16.5. The Morgan fingerprint density at radius 3 is 2.38 bits per heavy atom. The minimum absolute atomic E-state index is 0.0707. The Labute approximate surface area is 170 Å². The molecule has 0 aliphatic rings. The molecule has 0 radical (unpaired) electrons. The van der Waals surface area contributed by atoms with Crippen LogP contribution in [0.2, 0.25) is 0 Å². The lowest BCUT2D eigenvalue weighted by molar-refractivity contribution is 0.104. The predicted molar refractivity (Wildman–Crippen MR) is 116 cm³/mol. The SMILES string of the molecule is COc1ccc(C(=O)/C=C/c2nc3ccccc3n2C(C)c2ccccc2)cc1. The Bertz CT molecular complexity index is 1160. The molecule has 0 spiro atoms. The summed E-state index contributed by atoms with van der Waals surface area (Å²) in [5, 5.41) is 0. The third kappa shape index (κ3) is 3.83. The first-order valence-corrected chi connectivity index (χ1v) is 9.56. The molecule has 1 aromatic heterocycles. The normalized spacial score (nSPS) is 12.3. The first kappa shape index (κ1) is 18.7. The lowest BCUT2D eigenvalue weighted by Crippen LogP contribution is -2.08. The molecule has 3 aromatic carbocycles. The van der Waals surface area contributed by atoms with Crippen molar-refractivity contribution >= 4 is 22.9 Å². The molecule has 0 amide bonds. The van der Waals surface area contributed by atoms with Gasteiger partial charge in [0.05, 0.1) is 24.2 Å². The van der Waals surface area contributed by atoms with Crippen LogP contribution in [0.25, 0.3) is 17.1 Å². The molecule has 0 fully saturated rings. The second-order valence-electron chi connectivity index (χ2n) is 6.84. The van der Waals surface area contributed by atoms with E-state index in [0.717, 1.165) is 22.6 Å². The molecule has 0 aliphatic carbocycles. The fraction of sp³-hybridized carbons (Fsp3) is 0.120. The molecule has 0 N–H and O–H groups in total. The van der Waals surface area contributed by atoms with Crippen LogP contribution >= 0.6 is 0 Å². The van der Waals surface area contributed by atoms with Crippen molar-refractivity contribution < 1.29 is 9.53 Å². The number of nitrogens with zero attached hydrogens (tertiary/aromatic N) is 2. The number of hydrogen-bond donors (Lipinski definition) is 0. The summed E-state index contributed by atoms with van der Waals surface area (Å²) in [4.78, 5) is 17.4. The van der Waals surface area contributed by atoms with Crippen molar-refractivity contribution in [1.82, 2.24) is 9.55 Å². The van der Waals surface area contributed by atoms with E-state index >= 15 is 0 Å². The van der Waals surface area contributed by atoms with Crippen molar-refractivity contribution in [1.29, 1.82) is 0 Å². The Morgan fingerprint density at radius 2 is 1.66 bits per heavy atom. The smallest absolute Gasteiger partial charge is 0.185 e. The van der Waals surface area contributed by atoms with E-state index < -0.39 is 0 Å². The highest BCUT2D eigenvalue weighted by molar-refractivity contribution is 6.06. The van der Waals surface area contributed by atoms with Gasteiger partial charge in [-0.1, -0.05) is 42.5 Å². The summed E-state index contributed by atoms with van der Waals surface area (Å²) in [5.41, 5.74) is 3.75. The van der Waals surface area contributed by atoms with Gasteiger partial charge < -0.3 is 9.30 Å². The van der Waals surface area contributed by atoms with E-state index in [-0.39, 0.29) is 11.8 Å². The topological polar surface area (TPSA) is 44.1 Å². The number of aromatic nitrogens is 2. The van der Waals surface area contributed by atoms with Gasteiger partial charge in [-0.05, 0) is 61.0 Å². The Kier molecular flexibility index (Phi) is 5.25. The number of benzene rings is 3. The first-order valence-electron chi connectivity index (χ1n) is 9.56. The third-order valence-corrected chi connectivity index (χ3v) is 5.05. The van der Waals surface area contributed by atoms with Crippen LogP contribution < -0.4 is 4.74 Å². The number of allylic oxidation sites excluding steroid dienone is 1. The maximum Gasteiger partial charge on any atom is 0.185 e. The van der Waals surface area contributed by atoms with Crippen molar-refractivity contribution in [3.8, 4) is 5.75 Å². The van der Waals surface area contributed by atoms with E-state index in [1.165, 1.54) is 5.56 Å². The number of hydrogen-bond acceptors (Lipinski definition) is 3. The van der Waals surface area contributed by atoms with Gasteiger partial charge in [0.25, 0.3) is 0 Å². The van der Waals surface area contributed by atoms with Crippen LogP contribution in [0.1, 0.15) is 34.7 Å². The summed E-state index contributed by atoms with van der Waals surface area (Å²) in [5.74, 6) is 1.41. The number of imidazole rings is 1. The van der Waals surface area contributed by atoms with Crippen LogP contribution in [0.3, 0.4) is 0 Å². The maximum absolute atomic E-state index is 12.6. The molecule has 1 atom stereocenters. The maximum atomic E-state index is 12.6. The molecule has 29 heavy (non-hydrogen) atoms. The van der Waals surface area contributed by atoms with E-state index in [1.807, 2.05) is 36.4 Å². The van der Waals surface area contributed by atoms with E-state index in [0.29, 0.717) is 5.56 Å². The number of fused-ring (bicyclic) bond motifs is 1. The Balaban J connectivity index is 1.71. The van der Waals surface area contributed by atoms with Crippen LogP contribution in [-0.4, -0.2) is 22.4 Å². The summed E-state index contributed by atoms with van der Waals surface area (Å²) in [7, 11) is 1.61. The highest BCUT2D eigenvalue weighted by Gasteiger charge is 2.16. The molecule has 144 valence electrons. The van der Waals surface area contributed by atoms with Crippen LogP contribution in [0.5, 0.6) is 5.75 Å². The largest absolute Gasteiger partial charge is 0.497 e. The van der Waals surface area contributed by atoms with Crippen LogP contribution in [0.4, 0.5) is 0 Å². The van der Waals surface area contributed by atoms with Crippen molar-refractivity contribution in [2.24, 2.45) is 0 Å².